The van der Waals surface area contributed by atoms with Gasteiger partial charge in [-0.25, -0.2) is 4.39 Å². The Balaban J connectivity index is 1.60. The van der Waals surface area contributed by atoms with Crippen molar-refractivity contribution in [3.63, 3.8) is 0 Å². The molecule has 5 rings (SSSR count). The van der Waals surface area contributed by atoms with Gasteiger partial charge in [-0.15, -0.1) is 0 Å². The second kappa shape index (κ2) is 11.1. The molecule has 3 heterocycles. The van der Waals surface area contributed by atoms with Gasteiger partial charge in [0.2, 0.25) is 0 Å². The number of aryl methyl sites for hydroxylation is 1. The fourth-order valence-corrected chi connectivity index (χ4v) is 5.59. The Bertz CT molecular complexity index is 1450. The highest BCUT2D eigenvalue weighted by Crippen LogP contribution is 2.45. The molecule has 0 amide bonds. The topological polar surface area (TPSA) is 51.6 Å². The number of hydrogen-bond donors (Lipinski definition) is 1. The van der Waals surface area contributed by atoms with Crippen molar-refractivity contribution in [2.45, 2.75) is 25.9 Å². The van der Waals surface area contributed by atoms with Gasteiger partial charge in [0, 0.05) is 36.1 Å². The van der Waals surface area contributed by atoms with Crippen LogP contribution < -0.4 is 15.0 Å². The number of nitrogens with zero attached hydrogens (tertiary/aromatic N) is 3. The zero-order chi connectivity index (χ0) is 26.8. The summed E-state index contributed by atoms with van der Waals surface area (Å²) < 4.78 is 26.6. The Kier molecular flexibility index (Phi) is 7.65. The molecule has 9 heteroatoms. The zero-order valence-corrected chi connectivity index (χ0v) is 22.9. The summed E-state index contributed by atoms with van der Waals surface area (Å²) in [6.45, 7) is 4.98. The number of nitrogens with one attached hydrogen (secondary N) is 1. The molecule has 1 saturated heterocycles. The fraction of sp³-hybridized carbons (Fsp3) is 0.241. The summed E-state index contributed by atoms with van der Waals surface area (Å²) in [6.07, 6.45) is 1.78. The zero-order valence-electron chi connectivity index (χ0n) is 21.3. The van der Waals surface area contributed by atoms with Crippen molar-refractivity contribution in [2.75, 3.05) is 25.2 Å². The maximum absolute atomic E-state index is 13.7. The molecule has 0 bridgehead atoms. The van der Waals surface area contributed by atoms with Gasteiger partial charge in [0.15, 0.2) is 5.11 Å². The van der Waals surface area contributed by atoms with E-state index in [2.05, 4.69) is 32.8 Å². The molecular weight excluding hydrogens is 523 g/mol. The number of ether oxygens (including phenoxy) is 2. The molecule has 1 fully saturated rings. The minimum absolute atomic E-state index is 0.206. The quantitative estimate of drug-likeness (QED) is 0.200. The van der Waals surface area contributed by atoms with Crippen molar-refractivity contribution >= 4 is 34.6 Å². The summed E-state index contributed by atoms with van der Waals surface area (Å²) in [5.74, 6) is 0.313. The molecule has 6 nitrogen and oxygen atoms in total. The largest absolute Gasteiger partial charge is 0.490 e. The van der Waals surface area contributed by atoms with Crippen LogP contribution in [0, 0.1) is 19.7 Å². The Morgan fingerprint density at radius 1 is 1.03 bits per heavy atom. The number of anilines is 1. The van der Waals surface area contributed by atoms with E-state index in [1.54, 1.807) is 25.4 Å². The summed E-state index contributed by atoms with van der Waals surface area (Å²) >= 11 is 12.5. The highest BCUT2D eigenvalue weighted by molar-refractivity contribution is 7.80. The SMILES string of the molecule is COCCOc1ccc(N2C(=S)N[C@@H](c3ccccn3)[C@H]2c2cc(C)n(-c3ccc(F)cc3)c2C)cc1Cl. The molecule has 0 radical (unpaired) electrons. The van der Waals surface area contributed by atoms with Crippen molar-refractivity contribution < 1.29 is 13.9 Å². The average molecular weight is 551 g/mol. The molecule has 1 aliphatic rings. The lowest BCUT2D eigenvalue weighted by molar-refractivity contribution is 0.146. The van der Waals surface area contributed by atoms with Crippen LogP contribution in [0.1, 0.15) is 34.7 Å². The summed E-state index contributed by atoms with van der Waals surface area (Å²) in [5, 5.41) is 4.55. The maximum atomic E-state index is 13.7. The van der Waals surface area contributed by atoms with Gasteiger partial charge in [-0.2, -0.15) is 0 Å². The fourth-order valence-electron chi connectivity index (χ4n) is 5.02. The van der Waals surface area contributed by atoms with E-state index in [0.717, 1.165) is 34.0 Å². The predicted molar refractivity (Wildman–Crippen MR) is 152 cm³/mol. The molecule has 0 saturated carbocycles. The minimum Gasteiger partial charge on any atom is -0.490 e. The lowest BCUT2D eigenvalue weighted by Crippen LogP contribution is -2.29. The molecular formula is C29H28ClFN4O2S. The van der Waals surface area contributed by atoms with Crippen molar-refractivity contribution in [3.05, 3.63) is 106 Å². The van der Waals surface area contributed by atoms with Crippen LogP contribution in [0.15, 0.2) is 72.9 Å². The summed E-state index contributed by atoms with van der Waals surface area (Å²) in [4.78, 5) is 6.72. The molecule has 2 aromatic heterocycles. The van der Waals surface area contributed by atoms with Gasteiger partial charge in [0.25, 0.3) is 0 Å². The van der Waals surface area contributed by atoms with Crippen LogP contribution in [0.4, 0.5) is 10.1 Å². The summed E-state index contributed by atoms with van der Waals surface area (Å²) in [5.41, 5.74) is 5.74. The monoisotopic (exact) mass is 550 g/mol. The second-order valence-corrected chi connectivity index (χ2v) is 9.88. The number of aromatic nitrogens is 2. The van der Waals surface area contributed by atoms with E-state index in [1.807, 2.05) is 43.3 Å². The molecule has 4 aromatic rings. The molecule has 0 aliphatic carbocycles. The smallest absolute Gasteiger partial charge is 0.174 e. The number of benzene rings is 2. The van der Waals surface area contributed by atoms with Gasteiger partial charge in [0.05, 0.1) is 29.4 Å². The van der Waals surface area contributed by atoms with Gasteiger partial charge in [-0.3, -0.25) is 4.98 Å². The van der Waals surface area contributed by atoms with Crippen LogP contribution in [0.2, 0.25) is 5.02 Å². The van der Waals surface area contributed by atoms with Crippen LogP contribution in [-0.4, -0.2) is 35.0 Å². The number of methoxy groups -OCH3 is 1. The van der Waals surface area contributed by atoms with Gasteiger partial charge in [-0.05, 0) is 92.3 Å². The van der Waals surface area contributed by atoms with E-state index < -0.39 is 0 Å². The predicted octanol–water partition coefficient (Wildman–Crippen LogP) is 6.48. The standard InChI is InChI=1S/C29H28ClFN4O2S/c1-18-16-23(19(2)34(18)21-9-7-20(31)8-10-21)28-27(25-6-4-5-13-32-25)33-29(38)35(28)22-11-12-26(24(30)17-22)37-15-14-36-3/h4-13,16-17,27-28H,14-15H2,1-3H3,(H,33,38)/t27-,28+/m0/s1. The first-order valence-corrected chi connectivity index (χ1v) is 13.0. The van der Waals surface area contributed by atoms with Crippen molar-refractivity contribution in [3.8, 4) is 11.4 Å². The molecule has 0 spiro atoms. The molecule has 1 N–H and O–H groups in total. The van der Waals surface area contributed by atoms with Gasteiger partial charge in [-0.1, -0.05) is 17.7 Å². The van der Waals surface area contributed by atoms with Crippen LogP contribution in [0.25, 0.3) is 5.69 Å². The van der Waals surface area contributed by atoms with E-state index in [1.165, 1.54) is 12.1 Å². The van der Waals surface area contributed by atoms with Crippen molar-refractivity contribution in [1.29, 1.82) is 0 Å². The highest BCUT2D eigenvalue weighted by atomic mass is 35.5. The molecule has 0 unspecified atom stereocenters. The van der Waals surface area contributed by atoms with Crippen LogP contribution in [0.5, 0.6) is 5.75 Å². The third kappa shape index (κ3) is 4.99. The number of halogens is 2. The molecule has 38 heavy (non-hydrogen) atoms. The third-order valence-electron chi connectivity index (χ3n) is 6.71. The van der Waals surface area contributed by atoms with Gasteiger partial charge >= 0.3 is 0 Å². The Morgan fingerprint density at radius 2 is 1.79 bits per heavy atom. The van der Waals surface area contributed by atoms with Gasteiger partial charge in [0.1, 0.15) is 18.2 Å². The Hall–Kier alpha value is -3.46. The van der Waals surface area contributed by atoms with Crippen molar-refractivity contribution in [1.82, 2.24) is 14.9 Å². The van der Waals surface area contributed by atoms with Crippen LogP contribution in [-0.2, 0) is 4.74 Å². The first kappa shape index (κ1) is 26.2. The van der Waals surface area contributed by atoms with E-state index in [0.29, 0.717) is 29.1 Å². The van der Waals surface area contributed by atoms with E-state index in [4.69, 9.17) is 33.3 Å². The van der Waals surface area contributed by atoms with Gasteiger partial charge < -0.3 is 24.3 Å². The van der Waals surface area contributed by atoms with E-state index in [9.17, 15) is 4.39 Å². The van der Waals surface area contributed by atoms with E-state index >= 15 is 0 Å². The normalized spacial score (nSPS) is 17.1. The van der Waals surface area contributed by atoms with Crippen LogP contribution in [0.3, 0.4) is 0 Å². The molecule has 2 atom stereocenters. The highest BCUT2D eigenvalue weighted by Gasteiger charge is 2.42. The molecule has 196 valence electrons. The first-order valence-electron chi connectivity index (χ1n) is 12.3. The van der Waals surface area contributed by atoms with Crippen LogP contribution >= 0.6 is 23.8 Å². The maximum Gasteiger partial charge on any atom is 0.174 e. The lowest BCUT2D eigenvalue weighted by Gasteiger charge is -2.28. The number of hydrogen-bond acceptors (Lipinski definition) is 4. The number of rotatable bonds is 8. The lowest BCUT2D eigenvalue weighted by atomic mass is 9.96. The van der Waals surface area contributed by atoms with Crippen molar-refractivity contribution in [2.24, 2.45) is 0 Å². The second-order valence-electron chi connectivity index (χ2n) is 9.09. The summed E-state index contributed by atoms with van der Waals surface area (Å²) in [7, 11) is 1.63. The van der Waals surface area contributed by atoms with E-state index in [-0.39, 0.29) is 17.9 Å². The number of thiocarbonyl (C=S) groups is 1. The first-order chi connectivity index (χ1) is 18.4. The molecule has 1 aliphatic heterocycles. The Morgan fingerprint density at radius 3 is 2.47 bits per heavy atom. The summed E-state index contributed by atoms with van der Waals surface area (Å²) in [6, 6.07) is 19.8. The minimum atomic E-state index is -0.269. The average Bonchev–Trinajstić information content (AvgIpc) is 3.41. The third-order valence-corrected chi connectivity index (χ3v) is 7.32. The molecule has 2 aromatic carbocycles. The number of pyridine rings is 1. The Labute approximate surface area is 232 Å².